The van der Waals surface area contributed by atoms with Crippen molar-refractivity contribution in [2.24, 2.45) is 58.7 Å². The number of nitrogens with zero attached hydrogens (tertiary/aromatic N) is 1. The van der Waals surface area contributed by atoms with Gasteiger partial charge in [-0.05, 0) is 116 Å². The van der Waals surface area contributed by atoms with Crippen molar-refractivity contribution in [3.63, 3.8) is 0 Å². The Hall–Kier alpha value is -0.120. The van der Waals surface area contributed by atoms with Gasteiger partial charge in [0.2, 0.25) is 0 Å². The summed E-state index contributed by atoms with van der Waals surface area (Å²) >= 11 is 0. The molecule has 13 atom stereocenters. The lowest BCUT2D eigenvalue weighted by atomic mass is 9.51. The second-order valence-corrected chi connectivity index (χ2v) is 13.1. The van der Waals surface area contributed by atoms with Crippen LogP contribution in [0.4, 0.5) is 0 Å². The Morgan fingerprint density at radius 2 is 1.53 bits per heavy atom. The molecule has 0 unspecified atom stereocenters. The van der Waals surface area contributed by atoms with Crippen LogP contribution >= 0.6 is 0 Å². The molecule has 3 heteroatoms. The van der Waals surface area contributed by atoms with Crippen LogP contribution in [0.25, 0.3) is 0 Å². The van der Waals surface area contributed by atoms with E-state index in [1.807, 2.05) is 0 Å². The molecule has 0 aromatic heterocycles. The highest BCUT2D eigenvalue weighted by Crippen LogP contribution is 2.67. The van der Waals surface area contributed by atoms with E-state index in [9.17, 15) is 10.2 Å². The topological polar surface area (TPSA) is 43.7 Å². The monoisotopic (exact) mass is 415 g/mol. The lowest BCUT2D eigenvalue weighted by Gasteiger charge is -2.56. The van der Waals surface area contributed by atoms with Crippen LogP contribution in [0, 0.1) is 58.7 Å². The maximum absolute atomic E-state index is 11.2. The van der Waals surface area contributed by atoms with Gasteiger partial charge in [0, 0.05) is 19.1 Å². The molecule has 30 heavy (non-hydrogen) atoms. The van der Waals surface area contributed by atoms with Crippen molar-refractivity contribution in [3.8, 4) is 0 Å². The van der Waals surface area contributed by atoms with Crippen LogP contribution in [0.2, 0.25) is 0 Å². The maximum atomic E-state index is 11.2. The molecule has 2 saturated heterocycles. The fraction of sp³-hybridized carbons (Fsp3) is 1.00. The number of rotatable bonds is 0. The Balaban J connectivity index is 1.28. The van der Waals surface area contributed by atoms with Crippen molar-refractivity contribution in [2.45, 2.75) is 96.8 Å². The quantitative estimate of drug-likeness (QED) is 0.609. The third-order valence-electron chi connectivity index (χ3n) is 12.0. The van der Waals surface area contributed by atoms with Crippen molar-refractivity contribution < 1.29 is 10.2 Å². The molecule has 4 saturated carbocycles. The summed E-state index contributed by atoms with van der Waals surface area (Å²) in [6.07, 6.45) is 10.7. The zero-order valence-electron chi connectivity index (χ0n) is 19.5. The molecule has 6 rings (SSSR count). The Morgan fingerprint density at radius 1 is 0.733 bits per heavy atom. The lowest BCUT2D eigenvalue weighted by Crippen LogP contribution is -2.58. The van der Waals surface area contributed by atoms with Crippen molar-refractivity contribution in [1.82, 2.24) is 4.90 Å². The molecule has 2 aliphatic heterocycles. The molecular formula is C27H45NO2. The first kappa shape index (κ1) is 20.5. The zero-order chi connectivity index (χ0) is 20.8. The van der Waals surface area contributed by atoms with E-state index in [1.54, 1.807) is 0 Å². The van der Waals surface area contributed by atoms with E-state index >= 15 is 0 Å². The number of piperidine rings is 2. The van der Waals surface area contributed by atoms with Gasteiger partial charge in [0.05, 0.1) is 12.2 Å². The molecule has 0 aromatic rings. The van der Waals surface area contributed by atoms with Crippen molar-refractivity contribution >= 4 is 0 Å². The van der Waals surface area contributed by atoms with Crippen LogP contribution in [0.3, 0.4) is 0 Å². The van der Waals surface area contributed by atoms with Crippen LogP contribution in [-0.2, 0) is 0 Å². The first-order valence-electron chi connectivity index (χ1n) is 13.5. The predicted octanol–water partition coefficient (Wildman–Crippen LogP) is 4.56. The molecule has 0 spiro atoms. The second-order valence-electron chi connectivity index (χ2n) is 13.1. The Bertz CT molecular complexity index is 665. The predicted molar refractivity (Wildman–Crippen MR) is 120 cm³/mol. The molecular weight excluding hydrogens is 370 g/mol. The summed E-state index contributed by atoms with van der Waals surface area (Å²) in [6, 6.07) is 0.853. The van der Waals surface area contributed by atoms with Crippen molar-refractivity contribution in [3.05, 3.63) is 0 Å². The van der Waals surface area contributed by atoms with Crippen LogP contribution in [-0.4, -0.2) is 46.5 Å². The number of aliphatic hydroxyl groups is 2. The van der Waals surface area contributed by atoms with E-state index in [1.165, 1.54) is 45.2 Å². The van der Waals surface area contributed by atoms with Crippen LogP contribution < -0.4 is 0 Å². The summed E-state index contributed by atoms with van der Waals surface area (Å²) < 4.78 is 0. The minimum absolute atomic E-state index is 0.180. The third-order valence-corrected chi connectivity index (χ3v) is 12.0. The SMILES string of the molecule is C[C@H]1CC[C@H]2[C@H](C)[C@@H]3CC[C@H]4[C@H](C[C@H]5[C@H]4C[C@@H](O)[C@H]4C[C@H](O)CC[C@@]45C)[C@H]3CN2C1. The number of fused-ring (bicyclic) bond motifs is 8. The molecule has 0 radical (unpaired) electrons. The maximum Gasteiger partial charge on any atom is 0.0577 e. The Kier molecular flexibility index (Phi) is 4.91. The third kappa shape index (κ3) is 2.86. The molecule has 0 aromatic carbocycles. The minimum Gasteiger partial charge on any atom is -0.393 e. The zero-order valence-corrected chi connectivity index (χ0v) is 19.5. The van der Waals surface area contributed by atoms with Gasteiger partial charge in [-0.1, -0.05) is 20.8 Å². The van der Waals surface area contributed by atoms with Gasteiger partial charge < -0.3 is 10.2 Å². The van der Waals surface area contributed by atoms with Gasteiger partial charge in [0.25, 0.3) is 0 Å². The first-order valence-corrected chi connectivity index (χ1v) is 13.5. The largest absolute Gasteiger partial charge is 0.393 e. The first-order chi connectivity index (χ1) is 14.4. The molecule has 6 fully saturated rings. The fourth-order valence-electron chi connectivity index (χ4n) is 10.6. The number of hydrogen-bond donors (Lipinski definition) is 2. The number of hydrogen-bond acceptors (Lipinski definition) is 3. The highest BCUT2D eigenvalue weighted by atomic mass is 16.3. The Labute approximate surface area is 184 Å². The van der Waals surface area contributed by atoms with Gasteiger partial charge in [0.15, 0.2) is 0 Å². The summed E-state index contributed by atoms with van der Waals surface area (Å²) in [5.41, 5.74) is 0.261. The molecule has 170 valence electrons. The van der Waals surface area contributed by atoms with Crippen LogP contribution in [0.1, 0.15) is 78.6 Å². The van der Waals surface area contributed by atoms with Gasteiger partial charge in [-0.25, -0.2) is 0 Å². The normalized spacial score (nSPS) is 60.7. The summed E-state index contributed by atoms with van der Waals surface area (Å²) in [5.74, 6) is 7.22. The summed E-state index contributed by atoms with van der Waals surface area (Å²) in [4.78, 5) is 2.92. The standard InChI is InChI=1S/C27H45NO2/c1-15-4-7-25-16(2)18-5-6-19-20(22(18)14-28(25)13-15)11-23-21(19)12-26(30)24-10-17(29)8-9-27(23,24)3/h15-26,29-30H,4-14H2,1-3H3/t15-,16+,17+,18-,19-,20-,21-,22-,23-,24+,25-,26+,27+/m0/s1. The molecule has 0 bridgehead atoms. The van der Waals surface area contributed by atoms with Crippen LogP contribution in [0.15, 0.2) is 0 Å². The van der Waals surface area contributed by atoms with E-state index in [-0.39, 0.29) is 17.6 Å². The van der Waals surface area contributed by atoms with Gasteiger partial charge >= 0.3 is 0 Å². The van der Waals surface area contributed by atoms with Crippen LogP contribution in [0.5, 0.6) is 0 Å². The van der Waals surface area contributed by atoms with E-state index in [4.69, 9.17) is 0 Å². The molecule has 2 N–H and O–H groups in total. The van der Waals surface area contributed by atoms with Crippen molar-refractivity contribution in [2.75, 3.05) is 13.1 Å². The van der Waals surface area contributed by atoms with Gasteiger partial charge in [-0.3, -0.25) is 4.90 Å². The van der Waals surface area contributed by atoms with Gasteiger partial charge in [-0.2, -0.15) is 0 Å². The molecule has 3 nitrogen and oxygen atoms in total. The summed E-state index contributed by atoms with van der Waals surface area (Å²) in [5, 5.41) is 21.5. The summed E-state index contributed by atoms with van der Waals surface area (Å²) in [7, 11) is 0. The smallest absolute Gasteiger partial charge is 0.0577 e. The molecule has 0 amide bonds. The second kappa shape index (κ2) is 7.19. The molecule has 2 heterocycles. The van der Waals surface area contributed by atoms with Crippen molar-refractivity contribution in [1.29, 1.82) is 0 Å². The average molecular weight is 416 g/mol. The Morgan fingerprint density at radius 3 is 2.37 bits per heavy atom. The fourth-order valence-corrected chi connectivity index (χ4v) is 10.6. The minimum atomic E-state index is -0.181. The van der Waals surface area contributed by atoms with E-state index < -0.39 is 0 Å². The highest BCUT2D eigenvalue weighted by molar-refractivity contribution is 5.12. The summed E-state index contributed by atoms with van der Waals surface area (Å²) in [6.45, 7) is 10.3. The van der Waals surface area contributed by atoms with E-state index in [0.29, 0.717) is 5.92 Å². The molecule has 6 aliphatic rings. The molecule has 4 aliphatic carbocycles. The van der Waals surface area contributed by atoms with E-state index in [0.717, 1.165) is 79.1 Å². The number of aliphatic hydroxyl groups excluding tert-OH is 2. The van der Waals surface area contributed by atoms with Gasteiger partial charge in [-0.15, -0.1) is 0 Å². The average Bonchev–Trinajstić information content (AvgIpc) is 3.09. The van der Waals surface area contributed by atoms with Gasteiger partial charge in [0.1, 0.15) is 0 Å². The highest BCUT2D eigenvalue weighted by Gasteiger charge is 2.62. The van der Waals surface area contributed by atoms with E-state index in [2.05, 4.69) is 25.7 Å². The lowest BCUT2D eigenvalue weighted by molar-refractivity contribution is -0.130.